The fourth-order valence-corrected chi connectivity index (χ4v) is 2.30. The molecule has 1 aliphatic heterocycles. The van der Waals surface area contributed by atoms with E-state index in [1.807, 2.05) is 18.4 Å². The molecule has 2 heterocycles. The smallest absolute Gasteiger partial charge is 0.356 e. The number of carbonyl (C=O) groups is 1. The van der Waals surface area contributed by atoms with Gasteiger partial charge in [0.15, 0.2) is 5.69 Å². The molecular formula is C11H17N3O2. The number of carboxylic acid groups (broad SMARTS) is 1. The molecule has 0 saturated heterocycles. The van der Waals surface area contributed by atoms with Crippen molar-refractivity contribution in [1.29, 1.82) is 0 Å². The van der Waals surface area contributed by atoms with Crippen molar-refractivity contribution in [2.45, 2.75) is 45.2 Å². The summed E-state index contributed by atoms with van der Waals surface area (Å²) in [7, 11) is 0. The van der Waals surface area contributed by atoms with Crippen LogP contribution in [-0.4, -0.2) is 20.6 Å². The van der Waals surface area contributed by atoms with Crippen LogP contribution >= 0.6 is 0 Å². The van der Waals surface area contributed by atoms with Crippen molar-refractivity contribution in [2.24, 2.45) is 5.73 Å². The third-order valence-electron chi connectivity index (χ3n) is 3.00. The van der Waals surface area contributed by atoms with Gasteiger partial charge in [0.1, 0.15) is 5.82 Å². The summed E-state index contributed by atoms with van der Waals surface area (Å²) in [5.74, 6) is 0.0766. The zero-order chi connectivity index (χ0) is 11.9. The van der Waals surface area contributed by atoms with Gasteiger partial charge in [-0.3, -0.25) is 0 Å². The Labute approximate surface area is 94.3 Å². The highest BCUT2D eigenvalue weighted by molar-refractivity contribution is 5.87. The normalized spacial score (nSPS) is 19.9. The lowest BCUT2D eigenvalue weighted by Crippen LogP contribution is -2.24. The molecule has 0 spiro atoms. The molecule has 0 saturated carbocycles. The summed E-state index contributed by atoms with van der Waals surface area (Å²) < 4.78 is 1.99. The minimum atomic E-state index is -0.979. The summed E-state index contributed by atoms with van der Waals surface area (Å²) in [4.78, 5) is 15.3. The van der Waals surface area contributed by atoms with E-state index in [1.54, 1.807) is 0 Å². The van der Waals surface area contributed by atoms with Crippen LogP contribution in [0.15, 0.2) is 0 Å². The van der Waals surface area contributed by atoms with E-state index in [2.05, 4.69) is 4.98 Å². The molecule has 3 N–H and O–H groups in total. The highest BCUT2D eigenvalue weighted by atomic mass is 16.4. The van der Waals surface area contributed by atoms with Gasteiger partial charge in [-0.25, -0.2) is 9.78 Å². The van der Waals surface area contributed by atoms with Crippen LogP contribution in [0.1, 0.15) is 60.7 Å². The number of aromatic nitrogens is 2. The molecule has 2 rings (SSSR count). The van der Waals surface area contributed by atoms with Crippen molar-refractivity contribution in [1.82, 2.24) is 9.55 Å². The molecule has 5 nitrogen and oxygen atoms in total. The first kappa shape index (κ1) is 11.1. The van der Waals surface area contributed by atoms with Gasteiger partial charge in [0.25, 0.3) is 0 Å². The SMILES string of the molecule is CC(C)c1nc(C(=O)O)c2n1CCCC2N. The molecule has 1 aromatic rings. The number of rotatable bonds is 2. The number of hydrogen-bond acceptors (Lipinski definition) is 3. The molecule has 0 aliphatic carbocycles. The van der Waals surface area contributed by atoms with E-state index >= 15 is 0 Å². The Bertz CT molecular complexity index is 423. The van der Waals surface area contributed by atoms with Crippen LogP contribution in [-0.2, 0) is 6.54 Å². The number of nitrogens with two attached hydrogens (primary N) is 1. The zero-order valence-corrected chi connectivity index (χ0v) is 9.60. The van der Waals surface area contributed by atoms with Crippen LogP contribution < -0.4 is 5.73 Å². The molecule has 16 heavy (non-hydrogen) atoms. The molecule has 0 aromatic carbocycles. The maximum atomic E-state index is 11.1. The van der Waals surface area contributed by atoms with E-state index in [1.165, 1.54) is 0 Å². The lowest BCUT2D eigenvalue weighted by atomic mass is 10.0. The first-order chi connectivity index (χ1) is 7.52. The average Bonchev–Trinajstić information content (AvgIpc) is 2.58. The Morgan fingerprint density at radius 2 is 2.31 bits per heavy atom. The van der Waals surface area contributed by atoms with Gasteiger partial charge in [0, 0.05) is 18.5 Å². The van der Waals surface area contributed by atoms with Gasteiger partial charge in [0.2, 0.25) is 0 Å². The number of carboxylic acids is 1. The Kier molecular flexibility index (Phi) is 2.71. The van der Waals surface area contributed by atoms with Crippen LogP contribution in [0.25, 0.3) is 0 Å². The van der Waals surface area contributed by atoms with Gasteiger partial charge in [-0.1, -0.05) is 13.8 Å². The highest BCUT2D eigenvalue weighted by Crippen LogP contribution is 2.30. The van der Waals surface area contributed by atoms with Crippen LogP contribution in [0.3, 0.4) is 0 Å². The Balaban J connectivity index is 2.60. The first-order valence-electron chi connectivity index (χ1n) is 5.61. The molecule has 1 atom stereocenters. The van der Waals surface area contributed by atoms with Gasteiger partial charge in [-0.05, 0) is 12.8 Å². The Hall–Kier alpha value is -1.36. The van der Waals surface area contributed by atoms with Crippen molar-refractivity contribution >= 4 is 5.97 Å². The van der Waals surface area contributed by atoms with Crippen LogP contribution in [0.2, 0.25) is 0 Å². The van der Waals surface area contributed by atoms with Gasteiger partial charge in [0.05, 0.1) is 5.69 Å². The minimum absolute atomic E-state index is 0.135. The predicted octanol–water partition coefficient (Wildman–Crippen LogP) is 1.50. The second kappa shape index (κ2) is 3.90. The summed E-state index contributed by atoms with van der Waals surface area (Å²) in [6, 6.07) is -0.195. The van der Waals surface area contributed by atoms with E-state index < -0.39 is 5.97 Å². The van der Waals surface area contributed by atoms with E-state index in [0.717, 1.165) is 25.2 Å². The second-order valence-corrected chi connectivity index (χ2v) is 4.56. The third-order valence-corrected chi connectivity index (χ3v) is 3.00. The monoisotopic (exact) mass is 223 g/mol. The maximum absolute atomic E-state index is 11.1. The zero-order valence-electron chi connectivity index (χ0n) is 9.60. The van der Waals surface area contributed by atoms with Gasteiger partial charge in [-0.2, -0.15) is 0 Å². The van der Waals surface area contributed by atoms with Gasteiger partial charge >= 0.3 is 5.97 Å². The molecule has 1 unspecified atom stereocenters. The van der Waals surface area contributed by atoms with E-state index in [9.17, 15) is 4.79 Å². The number of aromatic carboxylic acids is 1. The molecule has 5 heteroatoms. The van der Waals surface area contributed by atoms with E-state index in [0.29, 0.717) is 5.69 Å². The number of fused-ring (bicyclic) bond motifs is 1. The molecule has 1 aliphatic rings. The summed E-state index contributed by atoms with van der Waals surface area (Å²) >= 11 is 0. The third kappa shape index (κ3) is 1.61. The molecule has 1 aromatic heterocycles. The van der Waals surface area contributed by atoms with E-state index in [-0.39, 0.29) is 17.7 Å². The van der Waals surface area contributed by atoms with Crippen molar-refractivity contribution < 1.29 is 9.90 Å². The maximum Gasteiger partial charge on any atom is 0.356 e. The minimum Gasteiger partial charge on any atom is -0.476 e. The summed E-state index contributed by atoms with van der Waals surface area (Å²) in [5.41, 5.74) is 6.81. The molecule has 0 bridgehead atoms. The number of hydrogen-bond donors (Lipinski definition) is 2. The van der Waals surface area contributed by atoms with E-state index in [4.69, 9.17) is 10.8 Å². The molecule has 88 valence electrons. The standard InChI is InChI=1S/C11H17N3O2/c1-6(2)10-13-8(11(15)16)9-7(12)4-3-5-14(9)10/h6-7H,3-5,12H2,1-2H3,(H,15,16). The quantitative estimate of drug-likeness (QED) is 0.796. The topological polar surface area (TPSA) is 81.1 Å². The summed E-state index contributed by atoms with van der Waals surface area (Å²) in [5, 5.41) is 9.12. The Morgan fingerprint density at radius 3 is 2.88 bits per heavy atom. The second-order valence-electron chi connectivity index (χ2n) is 4.56. The van der Waals surface area contributed by atoms with Gasteiger partial charge < -0.3 is 15.4 Å². The molecule has 0 radical (unpaired) electrons. The summed E-state index contributed by atoms with van der Waals surface area (Å²) in [6.07, 6.45) is 1.83. The lowest BCUT2D eigenvalue weighted by molar-refractivity contribution is 0.0688. The lowest BCUT2D eigenvalue weighted by Gasteiger charge is -2.23. The largest absolute Gasteiger partial charge is 0.476 e. The van der Waals surface area contributed by atoms with Crippen molar-refractivity contribution in [3.05, 3.63) is 17.2 Å². The van der Waals surface area contributed by atoms with Crippen molar-refractivity contribution in [3.63, 3.8) is 0 Å². The van der Waals surface area contributed by atoms with Crippen LogP contribution in [0, 0.1) is 0 Å². The average molecular weight is 223 g/mol. The highest BCUT2D eigenvalue weighted by Gasteiger charge is 2.29. The molecule has 0 amide bonds. The number of imidazole rings is 1. The first-order valence-corrected chi connectivity index (χ1v) is 5.61. The van der Waals surface area contributed by atoms with Crippen LogP contribution in [0.4, 0.5) is 0 Å². The van der Waals surface area contributed by atoms with Gasteiger partial charge in [-0.15, -0.1) is 0 Å². The summed E-state index contributed by atoms with van der Waals surface area (Å²) in [6.45, 7) is 4.86. The number of nitrogens with zero attached hydrogens (tertiary/aromatic N) is 2. The van der Waals surface area contributed by atoms with Crippen molar-refractivity contribution in [3.8, 4) is 0 Å². The molecule has 0 fully saturated rings. The fraction of sp³-hybridized carbons (Fsp3) is 0.636. The molecular weight excluding hydrogens is 206 g/mol. The fourth-order valence-electron chi connectivity index (χ4n) is 2.30. The van der Waals surface area contributed by atoms with Crippen LogP contribution in [0.5, 0.6) is 0 Å². The predicted molar refractivity (Wildman–Crippen MR) is 59.4 cm³/mol. The Morgan fingerprint density at radius 1 is 1.62 bits per heavy atom. The van der Waals surface area contributed by atoms with Crippen molar-refractivity contribution in [2.75, 3.05) is 0 Å².